The quantitative estimate of drug-likeness (QED) is 0.0543. The fourth-order valence-electron chi connectivity index (χ4n) is 4.92. The van der Waals surface area contributed by atoms with Gasteiger partial charge in [-0.3, -0.25) is 9.59 Å². The van der Waals surface area contributed by atoms with Gasteiger partial charge in [0.1, 0.15) is 0 Å². The Morgan fingerprint density at radius 2 is 0.868 bits per heavy atom. The van der Waals surface area contributed by atoms with E-state index in [4.69, 9.17) is 9.84 Å². The van der Waals surface area contributed by atoms with Crippen LogP contribution in [0.5, 0.6) is 0 Å². The first kappa shape index (κ1) is 36.7. The van der Waals surface area contributed by atoms with Gasteiger partial charge in [0, 0.05) is 12.8 Å². The Labute approximate surface area is 236 Å². The van der Waals surface area contributed by atoms with Crippen LogP contribution in [-0.4, -0.2) is 23.7 Å². The van der Waals surface area contributed by atoms with Crippen LogP contribution < -0.4 is 0 Å². The predicted molar refractivity (Wildman–Crippen MR) is 163 cm³/mol. The van der Waals surface area contributed by atoms with E-state index in [1.54, 1.807) is 0 Å². The van der Waals surface area contributed by atoms with Crippen LogP contribution in [0.15, 0.2) is 12.2 Å². The molecule has 0 amide bonds. The molecule has 0 aliphatic heterocycles. The summed E-state index contributed by atoms with van der Waals surface area (Å²) in [6, 6.07) is 0. The van der Waals surface area contributed by atoms with Crippen LogP contribution in [0.4, 0.5) is 0 Å². The maximum absolute atomic E-state index is 11.9. The highest BCUT2D eigenvalue weighted by Gasteiger charge is 2.02. The van der Waals surface area contributed by atoms with Crippen LogP contribution in [0.2, 0.25) is 0 Å². The number of allylic oxidation sites excluding steroid dienone is 2. The summed E-state index contributed by atoms with van der Waals surface area (Å²) in [6.45, 7) is 2.86. The molecular weight excluding hydrogens is 472 g/mol. The van der Waals surface area contributed by atoms with Gasteiger partial charge < -0.3 is 9.84 Å². The largest absolute Gasteiger partial charge is 0.481 e. The molecule has 4 heteroatoms. The number of hydrogen-bond acceptors (Lipinski definition) is 3. The molecule has 0 atom stereocenters. The molecule has 0 fully saturated rings. The Morgan fingerprint density at radius 1 is 0.500 bits per heavy atom. The van der Waals surface area contributed by atoms with Crippen molar-refractivity contribution in [3.63, 3.8) is 0 Å². The number of ether oxygens (including phenoxy) is 1. The minimum absolute atomic E-state index is 0.00538. The first-order chi connectivity index (χ1) is 18.7. The van der Waals surface area contributed by atoms with Gasteiger partial charge in [0.15, 0.2) is 0 Å². The van der Waals surface area contributed by atoms with Crippen LogP contribution in [0.25, 0.3) is 0 Å². The van der Waals surface area contributed by atoms with Crippen LogP contribution in [0.1, 0.15) is 187 Å². The molecule has 0 saturated carbocycles. The second-order valence-corrected chi connectivity index (χ2v) is 11.3. The smallest absolute Gasteiger partial charge is 0.305 e. The van der Waals surface area contributed by atoms with E-state index < -0.39 is 5.97 Å². The van der Waals surface area contributed by atoms with E-state index in [0.29, 0.717) is 19.4 Å². The zero-order valence-electron chi connectivity index (χ0n) is 25.3. The molecule has 0 aromatic heterocycles. The maximum Gasteiger partial charge on any atom is 0.305 e. The summed E-state index contributed by atoms with van der Waals surface area (Å²) in [5, 5.41) is 8.62. The van der Waals surface area contributed by atoms with Crippen molar-refractivity contribution in [3.8, 4) is 0 Å². The van der Waals surface area contributed by atoms with Gasteiger partial charge >= 0.3 is 11.9 Å². The first-order valence-corrected chi connectivity index (χ1v) is 16.7. The van der Waals surface area contributed by atoms with E-state index in [1.807, 2.05) is 0 Å². The van der Waals surface area contributed by atoms with Crippen LogP contribution >= 0.6 is 0 Å². The summed E-state index contributed by atoms with van der Waals surface area (Å²) in [5.74, 6) is -0.672. The molecule has 0 radical (unpaired) electrons. The lowest BCUT2D eigenvalue weighted by atomic mass is 10.0. The lowest BCUT2D eigenvalue weighted by molar-refractivity contribution is -0.144. The minimum atomic E-state index is -0.667. The van der Waals surface area contributed by atoms with Gasteiger partial charge in [0.2, 0.25) is 0 Å². The van der Waals surface area contributed by atoms with Gasteiger partial charge in [-0.1, -0.05) is 141 Å². The normalized spacial score (nSPS) is 11.4. The molecule has 38 heavy (non-hydrogen) atoms. The summed E-state index contributed by atoms with van der Waals surface area (Å²) in [7, 11) is 0. The first-order valence-electron chi connectivity index (χ1n) is 16.7. The third-order valence-electron chi connectivity index (χ3n) is 7.44. The molecule has 0 aromatic rings. The molecule has 0 spiro atoms. The van der Waals surface area contributed by atoms with E-state index >= 15 is 0 Å². The Bertz CT molecular complexity index is 529. The third kappa shape index (κ3) is 32.7. The molecule has 0 aliphatic rings. The van der Waals surface area contributed by atoms with E-state index in [-0.39, 0.29) is 5.97 Å². The molecule has 224 valence electrons. The van der Waals surface area contributed by atoms with E-state index in [2.05, 4.69) is 19.1 Å². The number of rotatable bonds is 31. The minimum Gasteiger partial charge on any atom is -0.481 e. The number of carbonyl (C=O) groups excluding carboxylic acids is 1. The van der Waals surface area contributed by atoms with Gasteiger partial charge in [-0.05, 0) is 44.9 Å². The van der Waals surface area contributed by atoms with Crippen molar-refractivity contribution in [3.05, 3.63) is 12.2 Å². The highest BCUT2D eigenvalue weighted by atomic mass is 16.5. The van der Waals surface area contributed by atoms with Crippen molar-refractivity contribution in [1.29, 1.82) is 0 Å². The lowest BCUT2D eigenvalue weighted by Gasteiger charge is -2.05. The zero-order valence-corrected chi connectivity index (χ0v) is 25.3. The Morgan fingerprint density at radius 3 is 1.32 bits per heavy atom. The molecule has 0 rings (SSSR count). The van der Waals surface area contributed by atoms with Crippen molar-refractivity contribution in [2.24, 2.45) is 0 Å². The standard InChI is InChI=1S/C34H64O4/c1-2-3-4-5-6-7-8-12-16-19-22-25-28-31-34(37)38-32-29-26-23-20-17-14-11-9-10-13-15-18-21-24-27-30-33(35)36/h7-8H,2-6,9-32H2,1H3,(H,35,36)/b8-7-. The summed E-state index contributed by atoms with van der Waals surface area (Å²) in [5.41, 5.74) is 0. The fraction of sp³-hybridized carbons (Fsp3) is 0.882. The molecule has 4 nitrogen and oxygen atoms in total. The van der Waals surface area contributed by atoms with Crippen LogP contribution in [0, 0.1) is 0 Å². The van der Waals surface area contributed by atoms with Crippen molar-refractivity contribution in [2.75, 3.05) is 6.61 Å². The Kier molecular flexibility index (Phi) is 30.8. The maximum atomic E-state index is 11.9. The molecule has 0 aromatic carbocycles. The van der Waals surface area contributed by atoms with E-state index in [0.717, 1.165) is 32.1 Å². The number of hydrogen-bond donors (Lipinski definition) is 1. The number of unbranched alkanes of at least 4 members (excludes halogenated alkanes) is 23. The van der Waals surface area contributed by atoms with Crippen molar-refractivity contribution < 1.29 is 19.4 Å². The fourth-order valence-corrected chi connectivity index (χ4v) is 4.92. The van der Waals surface area contributed by atoms with Gasteiger partial charge in [-0.15, -0.1) is 0 Å². The van der Waals surface area contributed by atoms with Gasteiger partial charge in [0.05, 0.1) is 6.61 Å². The Balaban J connectivity index is 3.18. The second-order valence-electron chi connectivity index (χ2n) is 11.3. The van der Waals surface area contributed by atoms with Crippen molar-refractivity contribution in [2.45, 2.75) is 187 Å². The summed E-state index contributed by atoms with van der Waals surface area (Å²) in [4.78, 5) is 22.3. The SMILES string of the molecule is CCCCCC/C=C\CCCCCCCC(=O)OCCCCCCCCCCCCCCCCCC(=O)O. The molecule has 1 N–H and O–H groups in total. The van der Waals surface area contributed by atoms with Crippen LogP contribution in [-0.2, 0) is 14.3 Å². The topological polar surface area (TPSA) is 63.6 Å². The monoisotopic (exact) mass is 536 g/mol. The van der Waals surface area contributed by atoms with Crippen molar-refractivity contribution in [1.82, 2.24) is 0 Å². The zero-order chi connectivity index (χ0) is 27.8. The number of aliphatic carboxylic acids is 1. The third-order valence-corrected chi connectivity index (χ3v) is 7.44. The average Bonchev–Trinajstić information content (AvgIpc) is 2.90. The van der Waals surface area contributed by atoms with Crippen molar-refractivity contribution >= 4 is 11.9 Å². The molecule has 0 aliphatic carbocycles. The Hall–Kier alpha value is -1.32. The predicted octanol–water partition coefficient (Wildman–Crippen LogP) is 11.1. The van der Waals surface area contributed by atoms with Gasteiger partial charge in [-0.25, -0.2) is 0 Å². The molecular formula is C34H64O4. The van der Waals surface area contributed by atoms with Gasteiger partial charge in [-0.2, -0.15) is 0 Å². The summed E-state index contributed by atoms with van der Waals surface area (Å²) >= 11 is 0. The second kappa shape index (κ2) is 31.9. The van der Waals surface area contributed by atoms with E-state index in [1.165, 1.54) is 135 Å². The van der Waals surface area contributed by atoms with Crippen LogP contribution in [0.3, 0.4) is 0 Å². The highest BCUT2D eigenvalue weighted by Crippen LogP contribution is 2.14. The summed E-state index contributed by atoms with van der Waals surface area (Å²) < 4.78 is 5.41. The molecule has 0 heterocycles. The van der Waals surface area contributed by atoms with Gasteiger partial charge in [0.25, 0.3) is 0 Å². The number of esters is 1. The number of carboxylic acids is 1. The average molecular weight is 537 g/mol. The molecule has 0 bridgehead atoms. The molecule has 0 saturated heterocycles. The molecule has 0 unspecified atom stereocenters. The summed E-state index contributed by atoms with van der Waals surface area (Å²) in [6.07, 6.45) is 37.8. The highest BCUT2D eigenvalue weighted by molar-refractivity contribution is 5.69. The van der Waals surface area contributed by atoms with E-state index in [9.17, 15) is 9.59 Å². The number of carbonyl (C=O) groups is 2. The number of carboxylic acid groups (broad SMARTS) is 1. The lowest BCUT2D eigenvalue weighted by Crippen LogP contribution is -2.05.